The van der Waals surface area contributed by atoms with Gasteiger partial charge in [-0.3, -0.25) is 24.6 Å². The summed E-state index contributed by atoms with van der Waals surface area (Å²) in [5, 5.41) is 15.2. The van der Waals surface area contributed by atoms with Crippen LogP contribution in [0.25, 0.3) is 0 Å². The second-order valence-corrected chi connectivity index (χ2v) is 10.4. The Morgan fingerprint density at radius 2 is 1.84 bits per heavy atom. The molecule has 0 radical (unpaired) electrons. The first-order chi connectivity index (χ1) is 17.5. The molecule has 204 valence electrons. The Balaban J connectivity index is 2.10. The van der Waals surface area contributed by atoms with Gasteiger partial charge in [0.15, 0.2) is 11.7 Å². The van der Waals surface area contributed by atoms with E-state index >= 15 is 0 Å². The van der Waals surface area contributed by atoms with E-state index in [4.69, 9.17) is 11.1 Å². The van der Waals surface area contributed by atoms with Gasteiger partial charge in [-0.15, -0.1) is 0 Å². The molecule has 6 N–H and O–H groups in total. The Labute approximate surface area is 224 Å². The lowest BCUT2D eigenvalue weighted by Gasteiger charge is -2.30. The van der Waals surface area contributed by atoms with Gasteiger partial charge in [0.25, 0.3) is 5.91 Å². The summed E-state index contributed by atoms with van der Waals surface area (Å²) < 4.78 is 14.0. The number of nitrogens with zero attached hydrogens (tertiary/aromatic N) is 1. The predicted octanol–water partition coefficient (Wildman–Crippen LogP) is 1.87. The minimum Gasteiger partial charge on any atom is -0.370 e. The first-order valence-electron chi connectivity index (χ1n) is 12.4. The molecule has 0 saturated carbocycles. The number of benzene rings is 1. The third-order valence-electron chi connectivity index (χ3n) is 6.08. The Morgan fingerprint density at radius 1 is 1.16 bits per heavy atom. The Kier molecular flexibility index (Phi) is 12.0. The maximum absolute atomic E-state index is 13.5. The first kappa shape index (κ1) is 30.2. The summed E-state index contributed by atoms with van der Waals surface area (Å²) in [7, 11) is 0. The van der Waals surface area contributed by atoms with Gasteiger partial charge in [0.2, 0.25) is 11.8 Å². The van der Waals surface area contributed by atoms with Gasteiger partial charge >= 0.3 is 0 Å². The zero-order valence-electron chi connectivity index (χ0n) is 21.2. The van der Waals surface area contributed by atoms with Gasteiger partial charge in [-0.2, -0.15) is 0 Å². The number of hydrogen-bond donors (Lipinski definition) is 5. The maximum Gasteiger partial charge on any atom is 0.251 e. The topological polar surface area (TPSA) is 157 Å². The molecule has 0 unspecified atom stereocenters. The molecule has 10 nitrogen and oxygen atoms in total. The molecule has 37 heavy (non-hydrogen) atoms. The van der Waals surface area contributed by atoms with Crippen LogP contribution in [0.15, 0.2) is 28.7 Å². The third-order valence-corrected chi connectivity index (χ3v) is 6.61. The van der Waals surface area contributed by atoms with Crippen LogP contribution in [-0.2, 0) is 14.4 Å². The van der Waals surface area contributed by atoms with Crippen molar-refractivity contribution in [2.24, 2.45) is 11.7 Å². The average molecular weight is 584 g/mol. The predicted molar refractivity (Wildman–Crippen MR) is 142 cm³/mol. The van der Waals surface area contributed by atoms with Gasteiger partial charge in [-0.05, 0) is 62.3 Å². The zero-order valence-corrected chi connectivity index (χ0v) is 22.8. The molecule has 3 amide bonds. The van der Waals surface area contributed by atoms with Gasteiger partial charge < -0.3 is 26.6 Å². The highest BCUT2D eigenvalue weighted by Crippen LogP contribution is 2.21. The fraction of sp³-hybridized carbons (Fsp3) is 0.560. The minimum absolute atomic E-state index is 0.101. The number of nitrogens with two attached hydrogens (primary N) is 1. The molecule has 1 saturated heterocycles. The standard InChI is InChI=1S/C25H36BrFN6O4/c1-15(2)13-19(32-22(35)16-7-9-17(26)10-8-16)24(37)33-12-4-6-20(33)23(36)31-18(21(34)14-27)5-3-11-30-25(28)29/h7-10,15,18-20H,3-6,11-14H2,1-2H3,(H,31,36)(H,32,35)(H4,28,29,30)/t18-,19-,20-/m0/s1. The largest absolute Gasteiger partial charge is 0.370 e. The Morgan fingerprint density at radius 3 is 2.43 bits per heavy atom. The van der Waals surface area contributed by atoms with Crippen molar-refractivity contribution in [1.82, 2.24) is 20.9 Å². The summed E-state index contributed by atoms with van der Waals surface area (Å²) in [4.78, 5) is 53.0. The number of ketones is 1. The van der Waals surface area contributed by atoms with E-state index in [9.17, 15) is 23.6 Å². The number of amides is 3. The molecule has 1 aliphatic heterocycles. The van der Waals surface area contributed by atoms with Crippen LogP contribution in [0.1, 0.15) is 56.3 Å². The van der Waals surface area contributed by atoms with Crippen LogP contribution >= 0.6 is 15.9 Å². The number of nitrogens with one attached hydrogen (secondary N) is 4. The van der Waals surface area contributed by atoms with Crippen molar-refractivity contribution < 1.29 is 23.6 Å². The average Bonchev–Trinajstić information content (AvgIpc) is 3.34. The number of alkyl halides is 1. The van der Waals surface area contributed by atoms with Crippen LogP contribution in [0.2, 0.25) is 0 Å². The summed E-state index contributed by atoms with van der Waals surface area (Å²) in [6.07, 6.45) is 1.91. The lowest BCUT2D eigenvalue weighted by molar-refractivity contribution is -0.141. The molecule has 0 spiro atoms. The van der Waals surface area contributed by atoms with Gasteiger partial charge in [0.05, 0.1) is 6.04 Å². The van der Waals surface area contributed by atoms with E-state index in [0.29, 0.717) is 44.3 Å². The van der Waals surface area contributed by atoms with Crippen LogP contribution in [0.3, 0.4) is 0 Å². The van der Waals surface area contributed by atoms with Gasteiger partial charge in [-0.1, -0.05) is 29.8 Å². The van der Waals surface area contributed by atoms with Crippen molar-refractivity contribution >= 4 is 45.4 Å². The smallest absolute Gasteiger partial charge is 0.251 e. The van der Waals surface area contributed by atoms with E-state index in [0.717, 1.165) is 4.47 Å². The number of Topliss-reactive ketones (excluding diaryl/α,β-unsaturated/α-hetero) is 1. The molecule has 1 heterocycles. The molecule has 1 aromatic carbocycles. The molecule has 12 heteroatoms. The van der Waals surface area contributed by atoms with E-state index in [-0.39, 0.29) is 30.1 Å². The Bertz CT molecular complexity index is 974. The molecule has 1 fully saturated rings. The van der Waals surface area contributed by atoms with Crippen molar-refractivity contribution in [3.63, 3.8) is 0 Å². The summed E-state index contributed by atoms with van der Waals surface area (Å²) in [6, 6.07) is 4.07. The molecule has 2 rings (SSSR count). The lowest BCUT2D eigenvalue weighted by atomic mass is 10.0. The number of carbonyl (C=O) groups excluding carboxylic acids is 4. The van der Waals surface area contributed by atoms with Crippen molar-refractivity contribution in [2.75, 3.05) is 19.8 Å². The van der Waals surface area contributed by atoms with Gasteiger partial charge in [0, 0.05) is 23.1 Å². The van der Waals surface area contributed by atoms with Gasteiger partial charge in [-0.25, -0.2) is 4.39 Å². The molecular weight excluding hydrogens is 547 g/mol. The zero-order chi connectivity index (χ0) is 27.5. The summed E-state index contributed by atoms with van der Waals surface area (Å²) in [5.41, 5.74) is 5.65. The number of hydrogen-bond acceptors (Lipinski definition) is 5. The van der Waals surface area contributed by atoms with Crippen molar-refractivity contribution in [1.29, 1.82) is 5.41 Å². The van der Waals surface area contributed by atoms with Crippen LogP contribution in [-0.4, -0.2) is 72.3 Å². The Hall–Kier alpha value is -3.02. The molecular formula is C25H36BrFN6O4. The van der Waals surface area contributed by atoms with Crippen LogP contribution in [0, 0.1) is 11.3 Å². The SMILES string of the molecule is CC(C)C[C@H](NC(=O)c1ccc(Br)cc1)C(=O)N1CCC[C@H]1C(=O)N[C@@H](CCCNC(=N)N)C(=O)CF. The molecule has 0 aliphatic carbocycles. The molecule has 0 bridgehead atoms. The minimum atomic E-state index is -1.23. The lowest BCUT2D eigenvalue weighted by Crippen LogP contribution is -2.55. The summed E-state index contributed by atoms with van der Waals surface area (Å²) >= 11 is 3.33. The highest BCUT2D eigenvalue weighted by Gasteiger charge is 2.39. The second-order valence-electron chi connectivity index (χ2n) is 9.50. The monoisotopic (exact) mass is 582 g/mol. The van der Waals surface area contributed by atoms with Crippen LogP contribution < -0.4 is 21.7 Å². The van der Waals surface area contributed by atoms with Gasteiger partial charge in [0.1, 0.15) is 18.8 Å². The second kappa shape index (κ2) is 14.7. The molecule has 0 aromatic heterocycles. The highest BCUT2D eigenvalue weighted by molar-refractivity contribution is 9.10. The molecule has 1 aliphatic rings. The third kappa shape index (κ3) is 9.42. The summed E-state index contributed by atoms with van der Waals surface area (Å²) in [5.74, 6) is -2.16. The summed E-state index contributed by atoms with van der Waals surface area (Å²) in [6.45, 7) is 3.29. The van der Waals surface area contributed by atoms with E-state index < -0.39 is 36.5 Å². The van der Waals surface area contributed by atoms with Crippen LogP contribution in [0.5, 0.6) is 0 Å². The molecule has 3 atom stereocenters. The van der Waals surface area contributed by atoms with E-state index in [1.54, 1.807) is 24.3 Å². The van der Waals surface area contributed by atoms with E-state index in [2.05, 4.69) is 31.9 Å². The van der Waals surface area contributed by atoms with E-state index in [1.165, 1.54) is 4.90 Å². The van der Waals surface area contributed by atoms with Crippen molar-refractivity contribution in [2.45, 2.75) is 64.1 Å². The fourth-order valence-electron chi connectivity index (χ4n) is 4.24. The maximum atomic E-state index is 13.5. The van der Waals surface area contributed by atoms with Crippen molar-refractivity contribution in [3.8, 4) is 0 Å². The number of rotatable bonds is 13. The fourth-order valence-corrected chi connectivity index (χ4v) is 4.51. The highest BCUT2D eigenvalue weighted by atomic mass is 79.9. The number of carbonyl (C=O) groups is 4. The normalized spacial score (nSPS) is 16.7. The first-order valence-corrected chi connectivity index (χ1v) is 13.2. The quantitative estimate of drug-likeness (QED) is 0.136. The number of likely N-dealkylation sites (tertiary alicyclic amines) is 1. The van der Waals surface area contributed by atoms with Crippen molar-refractivity contribution in [3.05, 3.63) is 34.3 Å². The number of halogens is 2. The van der Waals surface area contributed by atoms with E-state index in [1.807, 2.05) is 13.8 Å². The van der Waals surface area contributed by atoms with Crippen LogP contribution in [0.4, 0.5) is 4.39 Å². The molecule has 1 aromatic rings. The number of guanidine groups is 1.